The molecule has 1 saturated heterocycles. The summed E-state index contributed by atoms with van der Waals surface area (Å²) in [7, 11) is 0. The second-order valence-electron chi connectivity index (χ2n) is 6.00. The number of carbonyl (C=O) groups excluding carboxylic acids is 1. The monoisotopic (exact) mass is 341 g/mol. The number of pyridine rings is 1. The first-order valence-electron chi connectivity index (χ1n) is 8.29. The largest absolute Gasteiger partial charge is 0.454 e. The highest BCUT2D eigenvalue weighted by Crippen LogP contribution is 2.34. The summed E-state index contributed by atoms with van der Waals surface area (Å²) >= 11 is 0. The average molecular weight is 341 g/mol. The molecule has 1 amide bonds. The number of hydrogen-bond acceptors (Lipinski definition) is 6. The van der Waals surface area contributed by atoms with E-state index in [0.717, 1.165) is 24.3 Å². The molecule has 3 heterocycles. The molecule has 25 heavy (non-hydrogen) atoms. The normalized spacial score (nSPS) is 16.5. The summed E-state index contributed by atoms with van der Waals surface area (Å²) < 4.78 is 15.9. The molecule has 1 fully saturated rings. The van der Waals surface area contributed by atoms with Crippen LogP contribution in [0.1, 0.15) is 12.8 Å². The molecule has 0 unspecified atom stereocenters. The minimum absolute atomic E-state index is 0.0141. The van der Waals surface area contributed by atoms with Gasteiger partial charge in [0.1, 0.15) is 5.82 Å². The van der Waals surface area contributed by atoms with Crippen molar-refractivity contribution in [2.24, 2.45) is 5.92 Å². The van der Waals surface area contributed by atoms with Crippen LogP contribution >= 0.6 is 0 Å². The average Bonchev–Trinajstić information content (AvgIpc) is 3.12. The number of anilines is 3. The summed E-state index contributed by atoms with van der Waals surface area (Å²) in [5, 5.41) is 6.12. The highest BCUT2D eigenvalue weighted by Gasteiger charge is 2.21. The van der Waals surface area contributed by atoms with Crippen LogP contribution in [0.15, 0.2) is 36.5 Å². The first kappa shape index (κ1) is 15.7. The number of rotatable bonds is 4. The van der Waals surface area contributed by atoms with Gasteiger partial charge in [0.05, 0.1) is 11.9 Å². The molecule has 1 aromatic carbocycles. The summed E-state index contributed by atoms with van der Waals surface area (Å²) in [6.07, 6.45) is 3.18. The van der Waals surface area contributed by atoms with Crippen molar-refractivity contribution >= 4 is 23.1 Å². The molecule has 2 N–H and O–H groups in total. The molecule has 4 rings (SSSR count). The third-order valence-electron chi connectivity index (χ3n) is 4.27. The zero-order chi connectivity index (χ0) is 17.1. The molecule has 7 heteroatoms. The highest BCUT2D eigenvalue weighted by atomic mass is 16.7. The van der Waals surface area contributed by atoms with Gasteiger partial charge in [-0.15, -0.1) is 0 Å². The van der Waals surface area contributed by atoms with E-state index in [1.807, 2.05) is 30.3 Å². The van der Waals surface area contributed by atoms with Gasteiger partial charge >= 0.3 is 0 Å². The van der Waals surface area contributed by atoms with E-state index in [1.165, 1.54) is 0 Å². The van der Waals surface area contributed by atoms with Crippen molar-refractivity contribution in [3.63, 3.8) is 0 Å². The Morgan fingerprint density at radius 2 is 1.84 bits per heavy atom. The van der Waals surface area contributed by atoms with Gasteiger partial charge in [-0.2, -0.15) is 0 Å². The number of benzene rings is 1. The van der Waals surface area contributed by atoms with Crippen molar-refractivity contribution in [1.82, 2.24) is 4.98 Å². The summed E-state index contributed by atoms with van der Waals surface area (Å²) in [6, 6.07) is 9.28. The third-order valence-corrected chi connectivity index (χ3v) is 4.27. The molecule has 0 spiro atoms. The number of carbonyl (C=O) groups is 1. The summed E-state index contributed by atoms with van der Waals surface area (Å²) in [6.45, 7) is 1.54. The fourth-order valence-electron chi connectivity index (χ4n) is 2.87. The van der Waals surface area contributed by atoms with Crippen LogP contribution < -0.4 is 20.1 Å². The molecule has 2 aromatic rings. The molecule has 0 saturated carbocycles. The van der Waals surface area contributed by atoms with Gasteiger partial charge in [-0.05, 0) is 37.1 Å². The maximum atomic E-state index is 12.2. The quantitative estimate of drug-likeness (QED) is 0.890. The number of nitrogens with zero attached hydrogens (tertiary/aromatic N) is 1. The van der Waals surface area contributed by atoms with E-state index >= 15 is 0 Å². The number of amides is 1. The molecule has 2 aliphatic heterocycles. The van der Waals surface area contributed by atoms with E-state index in [4.69, 9.17) is 14.2 Å². The third kappa shape index (κ3) is 3.66. The summed E-state index contributed by atoms with van der Waals surface area (Å²) in [4.78, 5) is 16.6. The molecule has 0 atom stereocenters. The Morgan fingerprint density at radius 1 is 1.04 bits per heavy atom. The van der Waals surface area contributed by atoms with Gasteiger partial charge in [-0.25, -0.2) is 4.98 Å². The van der Waals surface area contributed by atoms with Gasteiger partial charge < -0.3 is 24.8 Å². The minimum atomic E-state index is 0.0141. The van der Waals surface area contributed by atoms with Gasteiger partial charge in [-0.1, -0.05) is 0 Å². The van der Waals surface area contributed by atoms with Crippen molar-refractivity contribution in [2.75, 3.05) is 30.6 Å². The Kier molecular flexibility index (Phi) is 4.39. The maximum Gasteiger partial charge on any atom is 0.231 e. The lowest BCUT2D eigenvalue weighted by Gasteiger charge is -2.21. The molecule has 7 nitrogen and oxygen atoms in total. The van der Waals surface area contributed by atoms with Crippen LogP contribution in [0.2, 0.25) is 0 Å². The van der Waals surface area contributed by atoms with Crippen LogP contribution in [-0.4, -0.2) is 30.9 Å². The van der Waals surface area contributed by atoms with E-state index in [9.17, 15) is 4.79 Å². The minimum Gasteiger partial charge on any atom is -0.454 e. The predicted molar refractivity (Wildman–Crippen MR) is 92.3 cm³/mol. The summed E-state index contributed by atoms with van der Waals surface area (Å²) in [5.41, 5.74) is 1.54. The van der Waals surface area contributed by atoms with Crippen LogP contribution in [0.25, 0.3) is 0 Å². The zero-order valence-corrected chi connectivity index (χ0v) is 13.7. The molecule has 130 valence electrons. The molecular weight excluding hydrogens is 322 g/mol. The van der Waals surface area contributed by atoms with Crippen molar-refractivity contribution in [1.29, 1.82) is 0 Å². The highest BCUT2D eigenvalue weighted by molar-refractivity contribution is 5.92. The Morgan fingerprint density at radius 3 is 2.64 bits per heavy atom. The van der Waals surface area contributed by atoms with Crippen LogP contribution in [0.3, 0.4) is 0 Å². The lowest BCUT2D eigenvalue weighted by atomic mass is 9.99. The molecule has 0 radical (unpaired) electrons. The Hall–Kier alpha value is -2.80. The zero-order valence-electron chi connectivity index (χ0n) is 13.7. The van der Waals surface area contributed by atoms with E-state index in [2.05, 4.69) is 15.6 Å². The molecule has 2 aliphatic rings. The SMILES string of the molecule is O=C(Nc1ccc(Nc2ccc3c(c2)OCO3)nc1)C1CCOCC1. The second-order valence-corrected chi connectivity index (χ2v) is 6.00. The van der Waals surface area contributed by atoms with Gasteiger partial charge in [-0.3, -0.25) is 4.79 Å². The van der Waals surface area contributed by atoms with Crippen molar-refractivity contribution < 1.29 is 19.0 Å². The molecule has 1 aromatic heterocycles. The lowest BCUT2D eigenvalue weighted by molar-refractivity contribution is -0.122. The Balaban J connectivity index is 1.37. The van der Waals surface area contributed by atoms with Gasteiger partial charge in [0.25, 0.3) is 0 Å². The van der Waals surface area contributed by atoms with Gasteiger partial charge in [0.15, 0.2) is 11.5 Å². The number of nitrogens with one attached hydrogen (secondary N) is 2. The molecule has 0 bridgehead atoms. The van der Waals surface area contributed by atoms with E-state index in [0.29, 0.717) is 30.5 Å². The van der Waals surface area contributed by atoms with Crippen molar-refractivity contribution in [3.05, 3.63) is 36.5 Å². The van der Waals surface area contributed by atoms with Crippen molar-refractivity contribution in [2.45, 2.75) is 12.8 Å². The van der Waals surface area contributed by atoms with E-state index in [1.54, 1.807) is 6.20 Å². The number of fused-ring (bicyclic) bond motifs is 1. The number of aromatic nitrogens is 1. The maximum absolute atomic E-state index is 12.2. The number of ether oxygens (including phenoxy) is 3. The van der Waals surface area contributed by atoms with Gasteiger partial charge in [0.2, 0.25) is 12.7 Å². The lowest BCUT2D eigenvalue weighted by Crippen LogP contribution is -2.28. The smallest absolute Gasteiger partial charge is 0.231 e. The van der Waals surface area contributed by atoms with E-state index in [-0.39, 0.29) is 18.6 Å². The molecular formula is C18H19N3O4. The van der Waals surface area contributed by atoms with Crippen LogP contribution in [0.5, 0.6) is 11.5 Å². The predicted octanol–water partition coefficient (Wildman–Crippen LogP) is 2.92. The van der Waals surface area contributed by atoms with Crippen LogP contribution in [0.4, 0.5) is 17.2 Å². The fourth-order valence-corrected chi connectivity index (χ4v) is 2.87. The second kappa shape index (κ2) is 6.98. The fraction of sp³-hybridized carbons (Fsp3) is 0.333. The van der Waals surface area contributed by atoms with Gasteiger partial charge in [0, 0.05) is 30.9 Å². The topological polar surface area (TPSA) is 81.7 Å². The van der Waals surface area contributed by atoms with Crippen molar-refractivity contribution in [3.8, 4) is 11.5 Å². The van der Waals surface area contributed by atoms with Crippen LogP contribution in [-0.2, 0) is 9.53 Å². The first-order chi connectivity index (χ1) is 12.3. The standard InChI is InChI=1S/C18H19N3O4/c22-18(12-5-7-23-8-6-12)21-14-2-4-17(19-10-14)20-13-1-3-15-16(9-13)25-11-24-15/h1-4,9-10,12H,5-8,11H2,(H,19,20)(H,21,22). The van der Waals surface area contributed by atoms with Crippen LogP contribution in [0, 0.1) is 5.92 Å². The Labute approximate surface area is 145 Å². The Bertz CT molecular complexity index is 757. The molecule has 0 aliphatic carbocycles. The first-order valence-corrected chi connectivity index (χ1v) is 8.29. The number of hydrogen-bond donors (Lipinski definition) is 2. The summed E-state index contributed by atoms with van der Waals surface area (Å²) in [5.74, 6) is 2.18. The van der Waals surface area contributed by atoms with E-state index < -0.39 is 0 Å².